The van der Waals surface area contributed by atoms with Gasteiger partial charge in [-0.3, -0.25) is 9.78 Å². The molecule has 1 aliphatic rings. The Bertz CT molecular complexity index is 686. The highest BCUT2D eigenvalue weighted by molar-refractivity contribution is 5.73. The van der Waals surface area contributed by atoms with Gasteiger partial charge in [-0.05, 0) is 47.7 Å². The van der Waals surface area contributed by atoms with Gasteiger partial charge in [0.2, 0.25) is 0 Å². The molecule has 0 saturated heterocycles. The minimum atomic E-state index is -0.120. The number of benzene rings is 1. The molecule has 25 heavy (non-hydrogen) atoms. The van der Waals surface area contributed by atoms with Crippen molar-refractivity contribution in [1.82, 2.24) is 4.98 Å². The van der Waals surface area contributed by atoms with E-state index < -0.39 is 0 Å². The van der Waals surface area contributed by atoms with E-state index in [1.807, 2.05) is 48.6 Å². The van der Waals surface area contributed by atoms with Crippen LogP contribution in [0.3, 0.4) is 0 Å². The third-order valence-corrected chi connectivity index (χ3v) is 4.77. The molecule has 1 heterocycles. The van der Waals surface area contributed by atoms with Gasteiger partial charge in [0, 0.05) is 18.8 Å². The molecule has 3 heteroatoms. The molecule has 0 amide bonds. The molecular formula is C22H25NO2. The maximum Gasteiger partial charge on any atom is 0.311 e. The molecule has 3 rings (SSSR count). The molecule has 0 radical (unpaired) electrons. The average Bonchev–Trinajstić information content (AvgIpc) is 2.67. The molecule has 1 aromatic carbocycles. The fourth-order valence-corrected chi connectivity index (χ4v) is 3.29. The van der Waals surface area contributed by atoms with Crippen LogP contribution in [0.2, 0.25) is 0 Å². The van der Waals surface area contributed by atoms with Crippen molar-refractivity contribution in [3.63, 3.8) is 0 Å². The summed E-state index contributed by atoms with van der Waals surface area (Å²) in [6.45, 7) is 0. The number of carbonyl (C=O) groups is 1. The van der Waals surface area contributed by atoms with E-state index in [9.17, 15) is 4.79 Å². The molecule has 0 aliphatic heterocycles. The van der Waals surface area contributed by atoms with Gasteiger partial charge in [0.1, 0.15) is 5.75 Å². The van der Waals surface area contributed by atoms with Crippen molar-refractivity contribution in [3.05, 3.63) is 59.9 Å². The molecule has 1 aromatic heterocycles. The minimum Gasteiger partial charge on any atom is -0.427 e. The first kappa shape index (κ1) is 17.4. The summed E-state index contributed by atoms with van der Waals surface area (Å²) in [5.74, 6) is 1.21. The summed E-state index contributed by atoms with van der Waals surface area (Å²) in [7, 11) is 0. The second-order valence-corrected chi connectivity index (χ2v) is 6.70. The minimum absolute atomic E-state index is 0.120. The molecule has 0 atom stereocenters. The highest BCUT2D eigenvalue weighted by Gasteiger charge is 2.15. The van der Waals surface area contributed by atoms with Crippen LogP contribution < -0.4 is 4.74 Å². The summed E-state index contributed by atoms with van der Waals surface area (Å²) >= 11 is 0. The first-order valence-corrected chi connectivity index (χ1v) is 9.18. The predicted octanol–water partition coefficient (Wildman–Crippen LogP) is 5.52. The topological polar surface area (TPSA) is 39.2 Å². The normalized spacial score (nSPS) is 15.4. The molecule has 0 N–H and O–H groups in total. The van der Waals surface area contributed by atoms with Gasteiger partial charge in [0.05, 0.1) is 0 Å². The number of carbonyl (C=O) groups excluding carboxylic acids is 1. The second-order valence-electron chi connectivity index (χ2n) is 6.70. The van der Waals surface area contributed by atoms with Crippen LogP contribution in [0, 0.1) is 5.92 Å². The van der Waals surface area contributed by atoms with Crippen molar-refractivity contribution in [2.45, 2.75) is 44.9 Å². The Kier molecular flexibility index (Phi) is 6.38. The van der Waals surface area contributed by atoms with Crippen LogP contribution in [0.5, 0.6) is 5.75 Å². The van der Waals surface area contributed by atoms with Gasteiger partial charge < -0.3 is 4.74 Å². The Labute approximate surface area is 149 Å². The van der Waals surface area contributed by atoms with E-state index in [2.05, 4.69) is 4.98 Å². The van der Waals surface area contributed by atoms with Gasteiger partial charge in [-0.25, -0.2) is 0 Å². The lowest BCUT2D eigenvalue weighted by Crippen LogP contribution is -2.12. The molecule has 2 aromatic rings. The third-order valence-electron chi connectivity index (χ3n) is 4.77. The Morgan fingerprint density at radius 2 is 1.60 bits per heavy atom. The highest BCUT2D eigenvalue weighted by atomic mass is 16.5. The first-order chi connectivity index (χ1) is 12.3. The van der Waals surface area contributed by atoms with Crippen LogP contribution in [0.1, 0.15) is 56.1 Å². The number of hydrogen-bond donors (Lipinski definition) is 0. The zero-order valence-corrected chi connectivity index (χ0v) is 14.6. The maximum absolute atomic E-state index is 12.0. The Morgan fingerprint density at radius 3 is 2.28 bits per heavy atom. The van der Waals surface area contributed by atoms with Crippen LogP contribution in [0.4, 0.5) is 0 Å². The van der Waals surface area contributed by atoms with Crippen LogP contribution in [0.25, 0.3) is 12.2 Å². The quantitative estimate of drug-likeness (QED) is 0.515. The van der Waals surface area contributed by atoms with E-state index in [1.165, 1.54) is 32.1 Å². The van der Waals surface area contributed by atoms with E-state index in [-0.39, 0.29) is 5.97 Å². The second kappa shape index (κ2) is 9.16. The van der Waals surface area contributed by atoms with E-state index in [0.717, 1.165) is 17.5 Å². The summed E-state index contributed by atoms with van der Waals surface area (Å²) in [5.41, 5.74) is 2.17. The molecule has 0 unspecified atom stereocenters. The van der Waals surface area contributed by atoms with Crippen LogP contribution in [-0.2, 0) is 4.79 Å². The Morgan fingerprint density at radius 1 is 0.960 bits per heavy atom. The summed E-state index contributed by atoms with van der Waals surface area (Å²) in [4.78, 5) is 16.0. The number of nitrogens with zero attached hydrogens (tertiary/aromatic N) is 1. The maximum atomic E-state index is 12.0. The number of pyridine rings is 1. The largest absolute Gasteiger partial charge is 0.427 e. The molecule has 0 bridgehead atoms. The lowest BCUT2D eigenvalue weighted by molar-refractivity contribution is -0.134. The van der Waals surface area contributed by atoms with Crippen LogP contribution in [-0.4, -0.2) is 11.0 Å². The van der Waals surface area contributed by atoms with E-state index in [4.69, 9.17) is 4.74 Å². The fraction of sp³-hybridized carbons (Fsp3) is 0.364. The first-order valence-electron chi connectivity index (χ1n) is 9.18. The van der Waals surface area contributed by atoms with E-state index >= 15 is 0 Å². The summed E-state index contributed by atoms with van der Waals surface area (Å²) < 4.78 is 5.45. The third kappa shape index (κ3) is 5.86. The summed E-state index contributed by atoms with van der Waals surface area (Å²) in [5, 5.41) is 0. The monoisotopic (exact) mass is 335 g/mol. The number of esters is 1. The lowest BCUT2D eigenvalue weighted by Gasteiger charge is -2.20. The molecule has 130 valence electrons. The summed E-state index contributed by atoms with van der Waals surface area (Å²) in [6.07, 6.45) is 15.6. The van der Waals surface area contributed by atoms with Crippen molar-refractivity contribution in [3.8, 4) is 5.75 Å². The fourth-order valence-electron chi connectivity index (χ4n) is 3.29. The Hall–Kier alpha value is -2.42. The van der Waals surface area contributed by atoms with Gasteiger partial charge >= 0.3 is 5.97 Å². The SMILES string of the molecule is O=C(CCC1CCCCC1)Oc1ccc(/C=C/c2ccncc2)cc1. The molecule has 1 saturated carbocycles. The number of hydrogen-bond acceptors (Lipinski definition) is 3. The molecular weight excluding hydrogens is 310 g/mol. The molecule has 1 aliphatic carbocycles. The van der Waals surface area contributed by atoms with Crippen LogP contribution >= 0.6 is 0 Å². The van der Waals surface area contributed by atoms with Crippen molar-refractivity contribution < 1.29 is 9.53 Å². The van der Waals surface area contributed by atoms with Gasteiger partial charge in [0.25, 0.3) is 0 Å². The van der Waals surface area contributed by atoms with Crippen molar-refractivity contribution in [2.24, 2.45) is 5.92 Å². The Balaban J connectivity index is 1.46. The van der Waals surface area contributed by atoms with Crippen molar-refractivity contribution in [1.29, 1.82) is 0 Å². The summed E-state index contributed by atoms with van der Waals surface area (Å²) in [6, 6.07) is 11.5. The number of ether oxygens (including phenoxy) is 1. The zero-order valence-electron chi connectivity index (χ0n) is 14.6. The lowest BCUT2D eigenvalue weighted by atomic mass is 9.86. The predicted molar refractivity (Wildman–Crippen MR) is 101 cm³/mol. The van der Waals surface area contributed by atoms with E-state index in [1.54, 1.807) is 12.4 Å². The standard InChI is InChI=1S/C22H25NO2/c24-22(13-10-18-4-2-1-3-5-18)25-21-11-8-19(9-12-21)6-7-20-14-16-23-17-15-20/h6-9,11-12,14-18H,1-5,10,13H2/b7-6+. The van der Waals surface area contributed by atoms with Crippen molar-refractivity contribution in [2.75, 3.05) is 0 Å². The molecule has 1 fully saturated rings. The smallest absolute Gasteiger partial charge is 0.311 e. The van der Waals surface area contributed by atoms with Gasteiger partial charge in [-0.15, -0.1) is 0 Å². The van der Waals surface area contributed by atoms with E-state index in [0.29, 0.717) is 18.1 Å². The molecule has 0 spiro atoms. The van der Waals surface area contributed by atoms with Gasteiger partial charge in [-0.2, -0.15) is 0 Å². The molecule has 3 nitrogen and oxygen atoms in total. The average molecular weight is 335 g/mol. The zero-order chi connectivity index (χ0) is 17.3. The number of rotatable bonds is 6. The highest BCUT2D eigenvalue weighted by Crippen LogP contribution is 2.27. The van der Waals surface area contributed by atoms with Gasteiger partial charge in [-0.1, -0.05) is 56.4 Å². The number of aromatic nitrogens is 1. The van der Waals surface area contributed by atoms with Crippen LogP contribution in [0.15, 0.2) is 48.8 Å². The van der Waals surface area contributed by atoms with Crippen molar-refractivity contribution >= 4 is 18.1 Å². The van der Waals surface area contributed by atoms with Gasteiger partial charge in [0.15, 0.2) is 0 Å².